The molecule has 1 aromatic heterocycles. The van der Waals surface area contributed by atoms with E-state index in [4.69, 9.17) is 11.6 Å². The van der Waals surface area contributed by atoms with Crippen molar-refractivity contribution in [3.05, 3.63) is 105 Å². The third-order valence-corrected chi connectivity index (χ3v) is 6.79. The second-order valence-corrected chi connectivity index (χ2v) is 9.43. The van der Waals surface area contributed by atoms with E-state index in [0.717, 1.165) is 11.1 Å². The number of aromatic nitrogens is 3. The van der Waals surface area contributed by atoms with E-state index in [1.165, 1.54) is 30.0 Å². The number of benzene rings is 3. The van der Waals surface area contributed by atoms with E-state index in [9.17, 15) is 20.2 Å². The molecule has 0 bridgehead atoms. The van der Waals surface area contributed by atoms with Crippen LogP contribution in [-0.4, -0.2) is 25.6 Å². The Hall–Kier alpha value is -4.46. The van der Waals surface area contributed by atoms with Crippen LogP contribution in [0.5, 0.6) is 0 Å². The first-order valence-corrected chi connectivity index (χ1v) is 12.7. The van der Waals surface area contributed by atoms with Gasteiger partial charge in [0.2, 0.25) is 0 Å². The highest BCUT2D eigenvalue weighted by Gasteiger charge is 2.18. The lowest BCUT2D eigenvalue weighted by Crippen LogP contribution is -2.23. The summed E-state index contributed by atoms with van der Waals surface area (Å²) in [5.74, 6) is 0.0354. The van der Waals surface area contributed by atoms with Crippen molar-refractivity contribution in [2.24, 2.45) is 0 Å². The van der Waals surface area contributed by atoms with Gasteiger partial charge < -0.3 is 9.88 Å². The molecule has 190 valence electrons. The zero-order chi connectivity index (χ0) is 27.1. The van der Waals surface area contributed by atoms with Gasteiger partial charge in [0.25, 0.3) is 11.6 Å². The van der Waals surface area contributed by atoms with Crippen molar-refractivity contribution in [1.82, 2.24) is 20.1 Å². The van der Waals surface area contributed by atoms with E-state index in [2.05, 4.69) is 15.5 Å². The van der Waals surface area contributed by atoms with E-state index >= 15 is 0 Å². The van der Waals surface area contributed by atoms with Crippen LogP contribution in [0.1, 0.15) is 18.1 Å². The second-order valence-electron chi connectivity index (χ2n) is 7.98. The lowest BCUT2D eigenvalue weighted by Gasteiger charge is -2.10. The zero-order valence-corrected chi connectivity index (χ0v) is 21.7. The van der Waals surface area contributed by atoms with Crippen molar-refractivity contribution in [2.75, 3.05) is 0 Å². The molecule has 0 fully saturated rings. The summed E-state index contributed by atoms with van der Waals surface area (Å²) in [5, 5.41) is 33.6. The number of nitro groups is 1. The molecule has 0 aliphatic rings. The Balaban J connectivity index is 1.67. The van der Waals surface area contributed by atoms with Crippen molar-refractivity contribution >= 4 is 41.0 Å². The molecule has 0 saturated carbocycles. The topological polar surface area (TPSA) is 127 Å². The monoisotopic (exact) mass is 544 g/mol. The predicted octanol–water partition coefficient (Wildman–Crippen LogP) is 5.90. The first-order valence-electron chi connectivity index (χ1n) is 11.5. The number of nitriles is 1. The van der Waals surface area contributed by atoms with Crippen LogP contribution in [0.4, 0.5) is 5.69 Å². The normalized spacial score (nSPS) is 11.1. The molecule has 0 spiro atoms. The molecule has 9 nitrogen and oxygen atoms in total. The number of hydrogen-bond donors (Lipinski definition) is 1. The summed E-state index contributed by atoms with van der Waals surface area (Å²) in [5.41, 5.74) is 1.66. The fourth-order valence-corrected chi connectivity index (χ4v) is 4.79. The molecule has 11 heteroatoms. The molecule has 0 aliphatic heterocycles. The maximum atomic E-state index is 12.7. The van der Waals surface area contributed by atoms with Gasteiger partial charge in [-0.25, -0.2) is 0 Å². The summed E-state index contributed by atoms with van der Waals surface area (Å²) in [6.45, 7) is 2.74. The van der Waals surface area contributed by atoms with Gasteiger partial charge in [-0.15, -0.1) is 10.2 Å². The van der Waals surface area contributed by atoms with Gasteiger partial charge in [-0.2, -0.15) is 5.26 Å². The van der Waals surface area contributed by atoms with E-state index < -0.39 is 10.8 Å². The molecule has 3 aromatic carbocycles. The van der Waals surface area contributed by atoms with E-state index in [-0.39, 0.29) is 17.8 Å². The van der Waals surface area contributed by atoms with Crippen LogP contribution in [0.3, 0.4) is 0 Å². The maximum absolute atomic E-state index is 12.7. The van der Waals surface area contributed by atoms with Crippen LogP contribution in [-0.2, 0) is 17.9 Å². The Morgan fingerprint density at radius 1 is 1.16 bits per heavy atom. The van der Waals surface area contributed by atoms with Crippen molar-refractivity contribution in [2.45, 2.75) is 30.1 Å². The molecule has 0 atom stereocenters. The molecular weight excluding hydrogens is 524 g/mol. The van der Waals surface area contributed by atoms with Crippen molar-refractivity contribution in [1.29, 1.82) is 5.26 Å². The molecule has 0 aliphatic carbocycles. The van der Waals surface area contributed by atoms with Crippen LogP contribution in [0.15, 0.2) is 88.4 Å². The molecular formula is C27H21ClN6O3S. The summed E-state index contributed by atoms with van der Waals surface area (Å²) in [7, 11) is 0. The fraction of sp³-hybridized carbons (Fsp3) is 0.111. The standard InChI is InChI=1S/C27H21ClN6O3S/c1-2-33-25(19-9-6-10-22(28)14-19)31-32-27(33)38-24-12-11-23(34(36)37)15-20(24)13-21(16-29)26(35)30-17-18-7-4-3-5-8-18/h3-15H,2,17H2,1H3,(H,30,35)/b21-13+. The van der Waals surface area contributed by atoms with Crippen molar-refractivity contribution < 1.29 is 9.72 Å². The van der Waals surface area contributed by atoms with Gasteiger partial charge in [0.1, 0.15) is 11.6 Å². The highest BCUT2D eigenvalue weighted by Crippen LogP contribution is 2.35. The average molecular weight is 545 g/mol. The number of nitrogens with one attached hydrogen (secondary N) is 1. The Labute approximate surface area is 227 Å². The van der Waals surface area contributed by atoms with Crippen LogP contribution < -0.4 is 5.32 Å². The molecule has 4 aromatic rings. The number of nitrogens with zero attached hydrogens (tertiary/aromatic N) is 5. The third kappa shape index (κ3) is 6.26. The largest absolute Gasteiger partial charge is 0.347 e. The Bertz CT molecular complexity index is 1560. The molecule has 1 heterocycles. The molecule has 0 saturated heterocycles. The highest BCUT2D eigenvalue weighted by atomic mass is 35.5. The summed E-state index contributed by atoms with van der Waals surface area (Å²) < 4.78 is 1.89. The first kappa shape index (κ1) is 26.6. The molecule has 1 N–H and O–H groups in total. The zero-order valence-electron chi connectivity index (χ0n) is 20.2. The van der Waals surface area contributed by atoms with Gasteiger partial charge in [0, 0.05) is 40.7 Å². The second kappa shape index (κ2) is 12.2. The molecule has 0 unspecified atom stereocenters. The average Bonchev–Trinajstić information content (AvgIpc) is 3.34. The molecule has 4 rings (SSSR count). The SMILES string of the molecule is CCn1c(Sc2ccc([N+](=O)[O-])cc2/C=C(\C#N)C(=O)NCc2ccccc2)nnc1-c1cccc(Cl)c1. The summed E-state index contributed by atoms with van der Waals surface area (Å²) in [6.07, 6.45) is 1.35. The summed E-state index contributed by atoms with van der Waals surface area (Å²) in [4.78, 5) is 24.2. The van der Waals surface area contributed by atoms with Crippen molar-refractivity contribution in [3.8, 4) is 17.5 Å². The van der Waals surface area contributed by atoms with Gasteiger partial charge in [-0.3, -0.25) is 14.9 Å². The minimum atomic E-state index is -0.584. The van der Waals surface area contributed by atoms with Gasteiger partial charge in [-0.05, 0) is 54.1 Å². The number of rotatable bonds is 9. The van der Waals surface area contributed by atoms with Gasteiger partial charge in [-0.1, -0.05) is 54.1 Å². The van der Waals surface area contributed by atoms with Crippen molar-refractivity contribution in [3.63, 3.8) is 0 Å². The van der Waals surface area contributed by atoms with Gasteiger partial charge in [0.15, 0.2) is 11.0 Å². The number of carbonyl (C=O) groups is 1. The van der Waals surface area contributed by atoms with Gasteiger partial charge in [0.05, 0.1) is 4.92 Å². The minimum absolute atomic E-state index is 0.167. The van der Waals surface area contributed by atoms with E-state index in [1.54, 1.807) is 18.2 Å². The molecule has 0 radical (unpaired) electrons. The summed E-state index contributed by atoms with van der Waals surface area (Å²) >= 11 is 7.38. The number of hydrogen-bond acceptors (Lipinski definition) is 7. The third-order valence-electron chi connectivity index (χ3n) is 5.48. The van der Waals surface area contributed by atoms with Crippen LogP contribution >= 0.6 is 23.4 Å². The Kier molecular flexibility index (Phi) is 8.53. The minimum Gasteiger partial charge on any atom is -0.347 e. The quantitative estimate of drug-likeness (QED) is 0.120. The number of halogens is 1. The van der Waals surface area contributed by atoms with Crippen LogP contribution in [0.2, 0.25) is 5.02 Å². The fourth-order valence-electron chi connectivity index (χ4n) is 3.62. The highest BCUT2D eigenvalue weighted by molar-refractivity contribution is 7.99. The van der Waals surface area contributed by atoms with Crippen LogP contribution in [0.25, 0.3) is 17.5 Å². The predicted molar refractivity (Wildman–Crippen MR) is 145 cm³/mol. The van der Waals surface area contributed by atoms with Gasteiger partial charge >= 0.3 is 0 Å². The Morgan fingerprint density at radius 3 is 2.63 bits per heavy atom. The molecule has 1 amide bonds. The maximum Gasteiger partial charge on any atom is 0.270 e. The Morgan fingerprint density at radius 2 is 1.95 bits per heavy atom. The van der Waals surface area contributed by atoms with E-state index in [1.807, 2.05) is 60.0 Å². The summed E-state index contributed by atoms with van der Waals surface area (Å²) in [6, 6.07) is 22.7. The van der Waals surface area contributed by atoms with Crippen LogP contribution in [0, 0.1) is 21.4 Å². The number of non-ortho nitro benzene ring substituents is 1. The number of carbonyl (C=O) groups excluding carboxylic acids is 1. The lowest BCUT2D eigenvalue weighted by atomic mass is 10.1. The lowest BCUT2D eigenvalue weighted by molar-refractivity contribution is -0.384. The first-order chi connectivity index (χ1) is 18.4. The number of nitro benzene ring substituents is 1. The number of amides is 1. The smallest absolute Gasteiger partial charge is 0.270 e. The van der Waals surface area contributed by atoms with E-state index in [0.29, 0.717) is 33.0 Å². The molecule has 38 heavy (non-hydrogen) atoms.